The van der Waals surface area contributed by atoms with Gasteiger partial charge in [0.2, 0.25) is 0 Å². The van der Waals surface area contributed by atoms with Crippen LogP contribution in [-0.4, -0.2) is 58.0 Å². The Morgan fingerprint density at radius 1 is 1.19 bits per heavy atom. The van der Waals surface area contributed by atoms with E-state index < -0.39 is 0 Å². The highest BCUT2D eigenvalue weighted by molar-refractivity contribution is 7.12. The zero-order valence-electron chi connectivity index (χ0n) is 15.1. The Hall–Kier alpha value is -2.18. The molecule has 26 heavy (non-hydrogen) atoms. The first-order valence-corrected chi connectivity index (χ1v) is 10.1. The van der Waals surface area contributed by atoms with Crippen LogP contribution >= 0.6 is 11.3 Å². The van der Waals surface area contributed by atoms with Crippen LogP contribution in [0, 0.1) is 0 Å². The first-order valence-electron chi connectivity index (χ1n) is 9.24. The number of pyridine rings is 1. The standard InChI is InChI=1S/C20H24N4OS/c1-2-23-15-16(17-5-3-8-21-19(17)23)7-9-22-10-12-24(13-11-22)20(25)18-6-4-14-26-18/h3-6,8,14-15H,2,7,9-13H2,1H3. The number of piperazine rings is 1. The minimum absolute atomic E-state index is 0.178. The number of amides is 1. The van der Waals surface area contributed by atoms with Crippen molar-refractivity contribution >= 4 is 28.3 Å². The van der Waals surface area contributed by atoms with Gasteiger partial charge in [-0.05, 0) is 42.5 Å². The third-order valence-corrected chi connectivity index (χ3v) is 6.00. The maximum atomic E-state index is 12.4. The van der Waals surface area contributed by atoms with Crippen molar-refractivity contribution in [3.63, 3.8) is 0 Å². The van der Waals surface area contributed by atoms with E-state index in [9.17, 15) is 4.79 Å². The number of rotatable bonds is 5. The van der Waals surface area contributed by atoms with Gasteiger partial charge in [-0.15, -0.1) is 11.3 Å². The molecule has 1 amide bonds. The molecule has 0 bridgehead atoms. The van der Waals surface area contributed by atoms with E-state index >= 15 is 0 Å². The molecular formula is C20H24N4OS. The Labute approximate surface area is 157 Å². The van der Waals surface area contributed by atoms with Gasteiger partial charge in [-0.25, -0.2) is 4.98 Å². The largest absolute Gasteiger partial charge is 0.335 e. The molecule has 0 radical (unpaired) electrons. The first kappa shape index (κ1) is 17.2. The summed E-state index contributed by atoms with van der Waals surface area (Å²) in [7, 11) is 0. The van der Waals surface area contributed by atoms with Gasteiger partial charge >= 0.3 is 0 Å². The number of hydrogen-bond donors (Lipinski definition) is 0. The van der Waals surface area contributed by atoms with Crippen LogP contribution in [0.5, 0.6) is 0 Å². The molecule has 6 heteroatoms. The maximum absolute atomic E-state index is 12.4. The molecule has 1 aliphatic rings. The molecule has 1 saturated heterocycles. The molecule has 136 valence electrons. The zero-order chi connectivity index (χ0) is 17.9. The predicted molar refractivity (Wildman–Crippen MR) is 106 cm³/mol. The molecule has 3 aromatic heterocycles. The SMILES string of the molecule is CCn1cc(CCN2CCN(C(=O)c3cccs3)CC2)c2cccnc21. The van der Waals surface area contributed by atoms with Gasteiger partial charge in [0.1, 0.15) is 5.65 Å². The van der Waals surface area contributed by atoms with E-state index in [-0.39, 0.29) is 5.91 Å². The average molecular weight is 369 g/mol. The summed E-state index contributed by atoms with van der Waals surface area (Å²) in [5.41, 5.74) is 2.45. The van der Waals surface area contributed by atoms with Crippen molar-refractivity contribution in [3.05, 3.63) is 52.5 Å². The summed E-state index contributed by atoms with van der Waals surface area (Å²) in [6, 6.07) is 8.04. The average Bonchev–Trinajstić information content (AvgIpc) is 3.34. The second kappa shape index (κ2) is 7.60. The van der Waals surface area contributed by atoms with Gasteiger partial charge in [0.25, 0.3) is 5.91 Å². The van der Waals surface area contributed by atoms with Crippen LogP contribution in [0.2, 0.25) is 0 Å². The lowest BCUT2D eigenvalue weighted by molar-refractivity contribution is 0.0643. The van der Waals surface area contributed by atoms with Gasteiger partial charge in [0.05, 0.1) is 4.88 Å². The highest BCUT2D eigenvalue weighted by Gasteiger charge is 2.22. The maximum Gasteiger partial charge on any atom is 0.264 e. The number of nitrogens with zero attached hydrogens (tertiary/aromatic N) is 4. The first-order chi connectivity index (χ1) is 12.8. The molecule has 0 saturated carbocycles. The van der Waals surface area contributed by atoms with Gasteiger partial charge in [0.15, 0.2) is 0 Å². The van der Waals surface area contributed by atoms with E-state index in [4.69, 9.17) is 0 Å². The fourth-order valence-electron chi connectivity index (χ4n) is 3.64. The fourth-order valence-corrected chi connectivity index (χ4v) is 4.34. The summed E-state index contributed by atoms with van der Waals surface area (Å²) >= 11 is 1.53. The molecular weight excluding hydrogens is 344 g/mol. The molecule has 1 fully saturated rings. The van der Waals surface area contributed by atoms with Crippen molar-refractivity contribution < 1.29 is 4.79 Å². The molecule has 1 aliphatic heterocycles. The number of carbonyl (C=O) groups is 1. The molecule has 0 N–H and O–H groups in total. The van der Waals surface area contributed by atoms with Gasteiger partial charge in [-0.3, -0.25) is 9.69 Å². The van der Waals surface area contributed by atoms with Gasteiger partial charge in [-0.1, -0.05) is 6.07 Å². The highest BCUT2D eigenvalue weighted by Crippen LogP contribution is 2.20. The zero-order valence-corrected chi connectivity index (χ0v) is 15.9. The van der Waals surface area contributed by atoms with Crippen LogP contribution in [0.25, 0.3) is 11.0 Å². The van der Waals surface area contributed by atoms with E-state index in [0.717, 1.165) is 56.2 Å². The smallest absolute Gasteiger partial charge is 0.264 e. The number of hydrogen-bond acceptors (Lipinski definition) is 4. The molecule has 0 atom stereocenters. The Kier molecular flexibility index (Phi) is 5.04. The minimum atomic E-state index is 0.178. The number of fused-ring (bicyclic) bond motifs is 1. The highest BCUT2D eigenvalue weighted by atomic mass is 32.1. The molecule has 0 aromatic carbocycles. The molecule has 4 heterocycles. The van der Waals surface area contributed by atoms with Crippen LogP contribution in [0.1, 0.15) is 22.2 Å². The summed E-state index contributed by atoms with van der Waals surface area (Å²) < 4.78 is 2.22. The number of thiophene rings is 1. The summed E-state index contributed by atoms with van der Waals surface area (Å²) in [6.07, 6.45) is 5.13. The van der Waals surface area contributed by atoms with E-state index in [1.54, 1.807) is 0 Å². The van der Waals surface area contributed by atoms with Crippen LogP contribution in [0.4, 0.5) is 0 Å². The lowest BCUT2D eigenvalue weighted by Gasteiger charge is -2.34. The lowest BCUT2D eigenvalue weighted by Crippen LogP contribution is -2.48. The molecule has 4 rings (SSSR count). The van der Waals surface area contributed by atoms with Crippen molar-refractivity contribution in [1.82, 2.24) is 19.4 Å². The van der Waals surface area contributed by atoms with Crippen LogP contribution < -0.4 is 0 Å². The second-order valence-corrected chi connectivity index (χ2v) is 7.62. The molecule has 0 unspecified atom stereocenters. The predicted octanol–water partition coefficient (Wildman–Crippen LogP) is 3.12. The van der Waals surface area contributed by atoms with E-state index in [0.29, 0.717) is 0 Å². The van der Waals surface area contributed by atoms with Crippen LogP contribution in [0.15, 0.2) is 42.0 Å². The molecule has 5 nitrogen and oxygen atoms in total. The Morgan fingerprint density at radius 2 is 2.04 bits per heavy atom. The van der Waals surface area contributed by atoms with E-state index in [2.05, 4.69) is 33.6 Å². The van der Waals surface area contributed by atoms with Crippen molar-refractivity contribution in [3.8, 4) is 0 Å². The summed E-state index contributed by atoms with van der Waals surface area (Å²) in [4.78, 5) is 22.3. The number of carbonyl (C=O) groups excluding carboxylic acids is 1. The monoisotopic (exact) mass is 368 g/mol. The van der Waals surface area contributed by atoms with Gasteiger partial charge < -0.3 is 9.47 Å². The van der Waals surface area contributed by atoms with Crippen LogP contribution in [0.3, 0.4) is 0 Å². The molecule has 0 spiro atoms. The van der Waals surface area contributed by atoms with E-state index in [1.807, 2.05) is 34.7 Å². The Balaban J connectivity index is 1.35. The molecule has 3 aromatic rings. The molecule has 0 aliphatic carbocycles. The number of aryl methyl sites for hydroxylation is 1. The normalized spacial score (nSPS) is 15.7. The quantitative estimate of drug-likeness (QED) is 0.695. The second-order valence-electron chi connectivity index (χ2n) is 6.68. The Bertz CT molecular complexity index is 878. The van der Waals surface area contributed by atoms with Crippen molar-refractivity contribution in [2.75, 3.05) is 32.7 Å². The fraction of sp³-hybridized carbons (Fsp3) is 0.400. The van der Waals surface area contributed by atoms with Crippen molar-refractivity contribution in [2.24, 2.45) is 0 Å². The number of aromatic nitrogens is 2. The minimum Gasteiger partial charge on any atom is -0.335 e. The van der Waals surface area contributed by atoms with Crippen molar-refractivity contribution in [2.45, 2.75) is 19.9 Å². The van der Waals surface area contributed by atoms with Crippen LogP contribution in [-0.2, 0) is 13.0 Å². The van der Waals surface area contributed by atoms with Gasteiger partial charge in [0, 0.05) is 57.0 Å². The van der Waals surface area contributed by atoms with Gasteiger partial charge in [-0.2, -0.15) is 0 Å². The summed E-state index contributed by atoms with van der Waals surface area (Å²) in [5, 5.41) is 3.23. The lowest BCUT2D eigenvalue weighted by atomic mass is 10.1. The van der Waals surface area contributed by atoms with E-state index in [1.165, 1.54) is 22.3 Å². The van der Waals surface area contributed by atoms with Crippen molar-refractivity contribution in [1.29, 1.82) is 0 Å². The third kappa shape index (κ3) is 3.39. The summed E-state index contributed by atoms with van der Waals surface area (Å²) in [6.45, 7) is 7.64. The third-order valence-electron chi connectivity index (χ3n) is 5.15. The summed E-state index contributed by atoms with van der Waals surface area (Å²) in [5.74, 6) is 0.178. The Morgan fingerprint density at radius 3 is 2.77 bits per heavy atom. The topological polar surface area (TPSA) is 41.4 Å².